The normalized spacial score (nSPS) is 13.7. The van der Waals surface area contributed by atoms with Gasteiger partial charge in [0.2, 0.25) is 11.8 Å². The molecule has 1 aliphatic heterocycles. The Morgan fingerprint density at radius 1 is 1.02 bits per heavy atom. The monoisotopic (exact) mass is 587 g/mol. The van der Waals surface area contributed by atoms with Crippen LogP contribution in [0.25, 0.3) is 11.8 Å². The van der Waals surface area contributed by atoms with Gasteiger partial charge in [-0.1, -0.05) is 41.9 Å². The van der Waals surface area contributed by atoms with Crippen molar-refractivity contribution >= 4 is 41.1 Å². The van der Waals surface area contributed by atoms with E-state index in [1.807, 2.05) is 30.3 Å². The molecule has 2 N–H and O–H groups in total. The largest absolute Gasteiger partial charge is 0.340 e. The van der Waals surface area contributed by atoms with Crippen LogP contribution in [0.1, 0.15) is 34.3 Å². The zero-order valence-electron chi connectivity index (χ0n) is 22.4. The molecule has 0 aliphatic carbocycles. The van der Waals surface area contributed by atoms with Gasteiger partial charge in [0.25, 0.3) is 5.91 Å². The Balaban J connectivity index is 1.32. The maximum atomic E-state index is 14.9. The van der Waals surface area contributed by atoms with Crippen LogP contribution in [0.15, 0.2) is 79.1 Å². The molecule has 1 atom stereocenters. The molecular formula is C30H27ClFN7O3. The fourth-order valence-electron chi connectivity index (χ4n) is 4.67. The highest BCUT2D eigenvalue weighted by atomic mass is 35.5. The van der Waals surface area contributed by atoms with Gasteiger partial charge < -0.3 is 15.5 Å². The van der Waals surface area contributed by atoms with Gasteiger partial charge in [-0.15, -0.1) is 5.10 Å². The Bertz CT molecular complexity index is 1610. The lowest BCUT2D eigenvalue weighted by atomic mass is 10.0. The number of hydrogen-bond acceptors (Lipinski definition) is 6. The standard InChI is InChI=1S/C30H27ClFN7O3/c31-22-9-12-27(39-19-33-36-37-39)21(17-22)8-13-28(40)35-26(16-20-6-2-1-3-7-20)29(41)34-23-10-11-24(25(32)18-23)30(42)38-14-4-5-15-38/h1-3,6-13,17-19,26H,4-5,14-16H2,(H,34,41)(H,35,40)/b13-8+/t26-/m0/s1. The van der Waals surface area contributed by atoms with Crippen LogP contribution in [-0.2, 0) is 16.0 Å². The summed E-state index contributed by atoms with van der Waals surface area (Å²) in [4.78, 5) is 40.6. The molecule has 1 saturated heterocycles. The van der Waals surface area contributed by atoms with Gasteiger partial charge in [-0.25, -0.2) is 4.39 Å². The molecule has 1 aromatic heterocycles. The highest BCUT2D eigenvalue weighted by Gasteiger charge is 2.24. The number of nitrogens with zero attached hydrogens (tertiary/aromatic N) is 5. The molecule has 0 bridgehead atoms. The summed E-state index contributed by atoms with van der Waals surface area (Å²) in [6.07, 6.45) is 6.21. The number of aromatic nitrogens is 4. The van der Waals surface area contributed by atoms with Crippen molar-refractivity contribution in [2.24, 2.45) is 0 Å². The van der Waals surface area contributed by atoms with E-state index in [0.717, 1.165) is 24.5 Å². The van der Waals surface area contributed by atoms with Crippen LogP contribution in [0.3, 0.4) is 0 Å². The lowest BCUT2D eigenvalue weighted by Crippen LogP contribution is -2.44. The molecule has 0 unspecified atom stereocenters. The zero-order chi connectivity index (χ0) is 29.5. The SMILES string of the molecule is O=C(/C=C/c1cc(Cl)ccc1-n1cnnn1)N[C@@H](Cc1ccccc1)C(=O)Nc1ccc(C(=O)N2CCCC2)c(F)c1. The summed E-state index contributed by atoms with van der Waals surface area (Å²) in [5, 5.41) is 17.0. The van der Waals surface area contributed by atoms with Gasteiger partial charge in [0, 0.05) is 41.9 Å². The lowest BCUT2D eigenvalue weighted by molar-refractivity contribution is -0.123. The molecule has 3 amide bonds. The predicted octanol–water partition coefficient (Wildman–Crippen LogP) is 4.07. The first kappa shape index (κ1) is 28.6. The van der Waals surface area contributed by atoms with Crippen molar-refractivity contribution in [3.63, 3.8) is 0 Å². The van der Waals surface area contributed by atoms with Crippen LogP contribution in [0.5, 0.6) is 0 Å². The number of rotatable bonds is 9. The molecule has 0 radical (unpaired) electrons. The fraction of sp³-hybridized carbons (Fsp3) is 0.200. The minimum Gasteiger partial charge on any atom is -0.340 e. The third-order valence-corrected chi connectivity index (χ3v) is 7.01. The molecular weight excluding hydrogens is 561 g/mol. The Labute approximate surface area is 246 Å². The molecule has 1 aliphatic rings. The summed E-state index contributed by atoms with van der Waals surface area (Å²) in [7, 11) is 0. The number of anilines is 1. The summed E-state index contributed by atoms with van der Waals surface area (Å²) in [5.41, 5.74) is 2.11. The molecule has 3 aromatic carbocycles. The minimum atomic E-state index is -0.989. The van der Waals surface area contributed by atoms with Crippen molar-refractivity contribution in [2.75, 3.05) is 18.4 Å². The van der Waals surface area contributed by atoms with Crippen LogP contribution < -0.4 is 10.6 Å². The van der Waals surface area contributed by atoms with Gasteiger partial charge in [0.15, 0.2) is 0 Å². The molecule has 0 saturated carbocycles. The number of amides is 3. The smallest absolute Gasteiger partial charge is 0.256 e. The number of likely N-dealkylation sites (tertiary alicyclic amines) is 1. The van der Waals surface area contributed by atoms with Crippen LogP contribution in [0.2, 0.25) is 5.02 Å². The second-order valence-corrected chi connectivity index (χ2v) is 10.2. The number of tetrazole rings is 1. The van der Waals surface area contributed by atoms with Crippen LogP contribution in [-0.4, -0.2) is 62.0 Å². The highest BCUT2D eigenvalue weighted by molar-refractivity contribution is 6.30. The Morgan fingerprint density at radius 3 is 2.52 bits per heavy atom. The average Bonchev–Trinajstić information content (AvgIpc) is 3.72. The maximum absolute atomic E-state index is 14.9. The van der Waals surface area contributed by atoms with Crippen molar-refractivity contribution in [1.82, 2.24) is 30.4 Å². The summed E-state index contributed by atoms with van der Waals surface area (Å²) >= 11 is 6.16. The van der Waals surface area contributed by atoms with Crippen LogP contribution in [0, 0.1) is 5.82 Å². The third kappa shape index (κ3) is 7.05. The average molecular weight is 588 g/mol. The van der Waals surface area contributed by atoms with Gasteiger partial charge in [0.1, 0.15) is 18.2 Å². The summed E-state index contributed by atoms with van der Waals surface area (Å²) < 4.78 is 16.3. The van der Waals surface area contributed by atoms with E-state index in [9.17, 15) is 18.8 Å². The summed E-state index contributed by atoms with van der Waals surface area (Å²) in [6.45, 7) is 1.20. The van der Waals surface area contributed by atoms with Crippen molar-refractivity contribution in [3.8, 4) is 5.69 Å². The van der Waals surface area contributed by atoms with E-state index in [-0.39, 0.29) is 23.6 Å². The number of halogens is 2. The second-order valence-electron chi connectivity index (χ2n) is 9.72. The number of carbonyl (C=O) groups excluding carboxylic acids is 3. The first-order valence-electron chi connectivity index (χ1n) is 13.3. The fourth-order valence-corrected chi connectivity index (χ4v) is 4.85. The van der Waals surface area contributed by atoms with Crippen molar-refractivity contribution in [1.29, 1.82) is 0 Å². The maximum Gasteiger partial charge on any atom is 0.256 e. The van der Waals surface area contributed by atoms with Crippen LogP contribution in [0.4, 0.5) is 10.1 Å². The Kier molecular flexibility index (Phi) is 8.98. The van der Waals surface area contributed by atoms with E-state index in [4.69, 9.17) is 11.6 Å². The lowest BCUT2D eigenvalue weighted by Gasteiger charge is -2.19. The van der Waals surface area contributed by atoms with Gasteiger partial charge in [-0.2, -0.15) is 4.68 Å². The van der Waals surface area contributed by atoms with E-state index in [1.165, 1.54) is 29.2 Å². The number of nitrogens with one attached hydrogen (secondary N) is 2. The van der Waals surface area contributed by atoms with Gasteiger partial charge >= 0.3 is 0 Å². The molecule has 42 heavy (non-hydrogen) atoms. The van der Waals surface area contributed by atoms with E-state index in [0.29, 0.717) is 29.4 Å². The first-order chi connectivity index (χ1) is 20.4. The molecule has 5 rings (SSSR count). The molecule has 214 valence electrons. The Hall–Kier alpha value is -4.90. The predicted molar refractivity (Wildman–Crippen MR) is 155 cm³/mol. The molecule has 4 aromatic rings. The topological polar surface area (TPSA) is 122 Å². The van der Waals surface area contributed by atoms with Gasteiger partial charge in [-0.05, 0) is 71.3 Å². The number of hydrogen-bond donors (Lipinski definition) is 2. The van der Waals surface area contributed by atoms with E-state index < -0.39 is 23.7 Å². The van der Waals surface area contributed by atoms with Crippen LogP contribution >= 0.6 is 11.6 Å². The second kappa shape index (κ2) is 13.2. The first-order valence-corrected chi connectivity index (χ1v) is 13.7. The molecule has 10 nitrogen and oxygen atoms in total. The highest BCUT2D eigenvalue weighted by Crippen LogP contribution is 2.21. The minimum absolute atomic E-state index is 0.0452. The third-order valence-electron chi connectivity index (χ3n) is 6.78. The Morgan fingerprint density at radius 2 is 1.81 bits per heavy atom. The van der Waals surface area contributed by atoms with Crippen molar-refractivity contribution in [2.45, 2.75) is 25.3 Å². The molecule has 12 heteroatoms. The van der Waals surface area contributed by atoms with E-state index >= 15 is 0 Å². The van der Waals surface area contributed by atoms with Gasteiger partial charge in [-0.3, -0.25) is 14.4 Å². The van der Waals surface area contributed by atoms with E-state index in [1.54, 1.807) is 29.2 Å². The van der Waals surface area contributed by atoms with Crippen molar-refractivity contribution < 1.29 is 18.8 Å². The molecule has 2 heterocycles. The van der Waals surface area contributed by atoms with Crippen molar-refractivity contribution in [3.05, 3.63) is 107 Å². The zero-order valence-corrected chi connectivity index (χ0v) is 23.2. The molecule has 0 spiro atoms. The quantitative estimate of drug-likeness (QED) is 0.285. The van der Waals surface area contributed by atoms with E-state index in [2.05, 4.69) is 26.2 Å². The number of carbonyl (C=O) groups is 3. The number of benzene rings is 3. The van der Waals surface area contributed by atoms with Gasteiger partial charge in [0.05, 0.1) is 11.3 Å². The summed E-state index contributed by atoms with van der Waals surface area (Å²) in [6, 6.07) is 17.2. The summed E-state index contributed by atoms with van der Waals surface area (Å²) in [5.74, 6) is -2.18. The molecule has 1 fully saturated rings.